The minimum Gasteiger partial charge on any atom is -0.346 e. The number of hydrogen-bond acceptors (Lipinski definition) is 3. The molecular formula is C20H19F2N3O2. The van der Waals surface area contributed by atoms with Crippen LogP contribution in [0, 0.1) is 18.6 Å². The van der Waals surface area contributed by atoms with Gasteiger partial charge < -0.3 is 9.88 Å². The molecule has 0 spiro atoms. The minimum absolute atomic E-state index is 0.158. The number of aromatic nitrogens is 2. The highest BCUT2D eigenvalue weighted by Gasteiger charge is 2.15. The normalized spacial score (nSPS) is 12.2. The fourth-order valence-electron chi connectivity index (χ4n) is 2.97. The van der Waals surface area contributed by atoms with Crippen molar-refractivity contribution in [2.75, 3.05) is 0 Å². The summed E-state index contributed by atoms with van der Waals surface area (Å²) in [4.78, 5) is 29.0. The first-order valence-electron chi connectivity index (χ1n) is 8.58. The summed E-state index contributed by atoms with van der Waals surface area (Å²) in [6.45, 7) is 5.68. The van der Waals surface area contributed by atoms with E-state index in [1.807, 2.05) is 6.92 Å². The van der Waals surface area contributed by atoms with Crippen LogP contribution in [-0.4, -0.2) is 15.5 Å². The lowest BCUT2D eigenvalue weighted by molar-refractivity contribution is 0.0940. The fraction of sp³-hybridized carbons (Fsp3) is 0.250. The van der Waals surface area contributed by atoms with Crippen LogP contribution in [0.25, 0.3) is 11.0 Å². The maximum atomic E-state index is 13.4. The van der Waals surface area contributed by atoms with Crippen LogP contribution in [0.5, 0.6) is 0 Å². The Morgan fingerprint density at radius 1 is 1.19 bits per heavy atom. The first-order valence-corrected chi connectivity index (χ1v) is 8.58. The molecule has 1 unspecified atom stereocenters. The highest BCUT2D eigenvalue weighted by molar-refractivity contribution is 5.97. The fourth-order valence-corrected chi connectivity index (χ4v) is 2.97. The summed E-state index contributed by atoms with van der Waals surface area (Å²) in [5, 5.41) is 2.75. The third-order valence-corrected chi connectivity index (χ3v) is 4.48. The van der Waals surface area contributed by atoms with Crippen LogP contribution in [0.4, 0.5) is 8.78 Å². The van der Waals surface area contributed by atoms with Crippen LogP contribution in [-0.2, 0) is 6.54 Å². The third kappa shape index (κ3) is 3.58. The summed E-state index contributed by atoms with van der Waals surface area (Å²) in [6.07, 6.45) is 0. The van der Waals surface area contributed by atoms with Gasteiger partial charge in [0.2, 0.25) is 0 Å². The van der Waals surface area contributed by atoms with E-state index < -0.39 is 17.7 Å². The monoisotopic (exact) mass is 371 g/mol. The van der Waals surface area contributed by atoms with E-state index >= 15 is 0 Å². The van der Waals surface area contributed by atoms with Crippen LogP contribution in [0.2, 0.25) is 0 Å². The van der Waals surface area contributed by atoms with Crippen LogP contribution in [0.3, 0.4) is 0 Å². The molecule has 1 N–H and O–H groups in total. The lowest BCUT2D eigenvalue weighted by atomic mass is 10.1. The Bertz CT molecular complexity index is 1090. The van der Waals surface area contributed by atoms with Crippen molar-refractivity contribution in [1.29, 1.82) is 0 Å². The summed E-state index contributed by atoms with van der Waals surface area (Å²) in [5.74, 6) is -2.27. The average Bonchev–Trinajstić information content (AvgIpc) is 2.64. The molecule has 0 aliphatic heterocycles. The van der Waals surface area contributed by atoms with Crippen molar-refractivity contribution in [3.8, 4) is 0 Å². The molecule has 1 amide bonds. The number of benzene rings is 2. The molecule has 0 bridgehead atoms. The van der Waals surface area contributed by atoms with Crippen molar-refractivity contribution >= 4 is 16.9 Å². The maximum absolute atomic E-state index is 13.4. The molecule has 1 heterocycles. The quantitative estimate of drug-likeness (QED) is 0.764. The Hall–Kier alpha value is -3.09. The molecule has 0 aliphatic rings. The Morgan fingerprint density at radius 3 is 2.59 bits per heavy atom. The molecule has 0 saturated carbocycles. The molecule has 2 aromatic carbocycles. The predicted octanol–water partition coefficient (Wildman–Crippen LogP) is 3.49. The second kappa shape index (κ2) is 7.26. The highest BCUT2D eigenvalue weighted by atomic mass is 19.2. The van der Waals surface area contributed by atoms with E-state index in [2.05, 4.69) is 10.3 Å². The minimum atomic E-state index is -0.962. The van der Waals surface area contributed by atoms with E-state index in [-0.39, 0.29) is 11.5 Å². The van der Waals surface area contributed by atoms with E-state index in [4.69, 9.17) is 0 Å². The average molecular weight is 371 g/mol. The number of carbonyl (C=O) groups is 1. The molecule has 0 saturated heterocycles. The lowest BCUT2D eigenvalue weighted by Crippen LogP contribution is -2.27. The van der Waals surface area contributed by atoms with Gasteiger partial charge in [-0.25, -0.2) is 13.8 Å². The van der Waals surface area contributed by atoms with Crippen molar-refractivity contribution in [3.63, 3.8) is 0 Å². The molecular weight excluding hydrogens is 352 g/mol. The molecule has 0 aliphatic carbocycles. The van der Waals surface area contributed by atoms with Gasteiger partial charge in [-0.15, -0.1) is 0 Å². The Balaban J connectivity index is 1.90. The zero-order valence-electron chi connectivity index (χ0n) is 15.2. The third-order valence-electron chi connectivity index (χ3n) is 4.48. The number of fused-ring (bicyclic) bond motifs is 1. The van der Waals surface area contributed by atoms with Gasteiger partial charge in [0.1, 0.15) is 5.69 Å². The molecule has 27 heavy (non-hydrogen) atoms. The van der Waals surface area contributed by atoms with Gasteiger partial charge in [-0.05, 0) is 56.7 Å². The summed E-state index contributed by atoms with van der Waals surface area (Å²) < 4.78 is 28.1. The van der Waals surface area contributed by atoms with Crippen molar-refractivity contribution < 1.29 is 13.6 Å². The predicted molar refractivity (Wildman–Crippen MR) is 98.7 cm³/mol. The van der Waals surface area contributed by atoms with Crippen molar-refractivity contribution in [3.05, 3.63) is 75.2 Å². The van der Waals surface area contributed by atoms with Gasteiger partial charge in [-0.3, -0.25) is 9.59 Å². The summed E-state index contributed by atoms with van der Waals surface area (Å²) >= 11 is 0. The van der Waals surface area contributed by atoms with Gasteiger partial charge in [0.05, 0.1) is 17.1 Å². The Labute approximate surface area is 154 Å². The van der Waals surface area contributed by atoms with E-state index in [0.29, 0.717) is 34.4 Å². The number of rotatable bonds is 4. The number of halogens is 2. The summed E-state index contributed by atoms with van der Waals surface area (Å²) in [5.41, 5.74) is 2.22. The van der Waals surface area contributed by atoms with Gasteiger partial charge in [0.25, 0.3) is 11.5 Å². The molecule has 7 heteroatoms. The molecule has 1 atom stereocenters. The van der Waals surface area contributed by atoms with Gasteiger partial charge >= 0.3 is 0 Å². The summed E-state index contributed by atoms with van der Waals surface area (Å²) in [7, 11) is 0. The molecule has 5 nitrogen and oxygen atoms in total. The first kappa shape index (κ1) is 18.7. The topological polar surface area (TPSA) is 64.0 Å². The number of hydrogen-bond donors (Lipinski definition) is 1. The molecule has 3 aromatic rings. The standard InChI is InChI=1S/C20H19F2N3O2/c1-4-25-18-8-6-14(10-17(18)23-12(3)20(25)27)19(26)24-11(2)13-5-7-15(21)16(22)9-13/h5-11H,4H2,1-3H3,(H,24,26). The largest absolute Gasteiger partial charge is 0.346 e. The number of carbonyl (C=O) groups excluding carboxylic acids is 1. The molecule has 0 fully saturated rings. The number of nitrogens with one attached hydrogen (secondary N) is 1. The smallest absolute Gasteiger partial charge is 0.272 e. The number of nitrogens with zero attached hydrogens (tertiary/aromatic N) is 2. The van der Waals surface area contributed by atoms with E-state index in [0.717, 1.165) is 12.1 Å². The number of amides is 1. The molecule has 3 rings (SSSR count). The Kier molecular flexibility index (Phi) is 5.03. The number of aryl methyl sites for hydroxylation is 2. The molecule has 140 valence electrons. The molecule has 1 aromatic heterocycles. The zero-order chi connectivity index (χ0) is 19.7. The van der Waals surface area contributed by atoms with Gasteiger partial charge in [-0.2, -0.15) is 0 Å². The van der Waals surface area contributed by atoms with E-state index in [1.54, 1.807) is 36.6 Å². The second-order valence-electron chi connectivity index (χ2n) is 6.32. The van der Waals surface area contributed by atoms with E-state index in [1.165, 1.54) is 6.07 Å². The van der Waals surface area contributed by atoms with Gasteiger partial charge in [-0.1, -0.05) is 6.07 Å². The van der Waals surface area contributed by atoms with Crippen molar-refractivity contribution in [2.45, 2.75) is 33.4 Å². The first-order chi connectivity index (χ1) is 12.8. The maximum Gasteiger partial charge on any atom is 0.272 e. The van der Waals surface area contributed by atoms with Gasteiger partial charge in [0.15, 0.2) is 11.6 Å². The highest BCUT2D eigenvalue weighted by Crippen LogP contribution is 2.18. The summed E-state index contributed by atoms with van der Waals surface area (Å²) in [6, 6.07) is 7.91. The van der Waals surface area contributed by atoms with Crippen molar-refractivity contribution in [1.82, 2.24) is 14.9 Å². The zero-order valence-corrected chi connectivity index (χ0v) is 15.2. The lowest BCUT2D eigenvalue weighted by Gasteiger charge is -2.15. The van der Waals surface area contributed by atoms with E-state index in [9.17, 15) is 18.4 Å². The second-order valence-corrected chi connectivity index (χ2v) is 6.32. The van der Waals surface area contributed by atoms with Gasteiger partial charge in [0, 0.05) is 12.1 Å². The van der Waals surface area contributed by atoms with Crippen LogP contribution in [0.1, 0.15) is 41.5 Å². The van der Waals surface area contributed by atoms with Crippen molar-refractivity contribution in [2.24, 2.45) is 0 Å². The van der Waals surface area contributed by atoms with Crippen LogP contribution < -0.4 is 10.9 Å². The van der Waals surface area contributed by atoms with Crippen LogP contribution in [0.15, 0.2) is 41.2 Å². The van der Waals surface area contributed by atoms with Crippen LogP contribution >= 0.6 is 0 Å². The SMILES string of the molecule is CCn1c(=O)c(C)nc2cc(C(=O)NC(C)c3ccc(F)c(F)c3)ccc21. The Morgan fingerprint density at radius 2 is 1.93 bits per heavy atom. The molecule has 0 radical (unpaired) electrons.